The van der Waals surface area contributed by atoms with Crippen LogP contribution < -0.4 is 5.43 Å². The fourth-order valence-electron chi connectivity index (χ4n) is 4.63. The summed E-state index contributed by atoms with van der Waals surface area (Å²) >= 11 is 0. The van der Waals surface area contributed by atoms with Crippen LogP contribution in [0.15, 0.2) is 84.0 Å². The number of H-pyrrole nitrogens is 1. The summed E-state index contributed by atoms with van der Waals surface area (Å²) in [6.07, 6.45) is 3.83. The van der Waals surface area contributed by atoms with Crippen LogP contribution in [0, 0.1) is 0 Å². The smallest absolute Gasteiger partial charge is 0.272 e. The molecule has 5 heteroatoms. The van der Waals surface area contributed by atoms with Gasteiger partial charge in [0.15, 0.2) is 0 Å². The molecule has 5 nitrogen and oxygen atoms in total. The van der Waals surface area contributed by atoms with Crippen molar-refractivity contribution in [2.75, 3.05) is 0 Å². The number of nitrogens with zero attached hydrogens (tertiary/aromatic N) is 2. The molecule has 1 amide bonds. The molecular weight excluding hydrogens is 396 g/mol. The van der Waals surface area contributed by atoms with E-state index in [9.17, 15) is 4.79 Å². The van der Waals surface area contributed by atoms with Gasteiger partial charge in [-0.1, -0.05) is 72.8 Å². The van der Waals surface area contributed by atoms with E-state index in [1.54, 1.807) is 12.3 Å². The topological polar surface area (TPSA) is 70.1 Å². The number of hydrogen-bond acceptors (Lipinski definition) is 3. The largest absolute Gasteiger partial charge is 0.289 e. The lowest BCUT2D eigenvalue weighted by molar-refractivity contribution is 0.0950. The van der Waals surface area contributed by atoms with Crippen molar-refractivity contribution in [2.24, 2.45) is 5.10 Å². The van der Waals surface area contributed by atoms with Crippen molar-refractivity contribution < 1.29 is 4.79 Å². The first-order chi connectivity index (χ1) is 15.8. The van der Waals surface area contributed by atoms with Gasteiger partial charge in [0.25, 0.3) is 5.91 Å². The van der Waals surface area contributed by atoms with E-state index in [4.69, 9.17) is 0 Å². The number of hydrogen-bond donors (Lipinski definition) is 2. The van der Waals surface area contributed by atoms with Gasteiger partial charge in [-0.05, 0) is 51.6 Å². The molecule has 32 heavy (non-hydrogen) atoms. The number of benzene rings is 4. The molecule has 0 saturated carbocycles. The van der Waals surface area contributed by atoms with E-state index < -0.39 is 0 Å². The van der Waals surface area contributed by atoms with Crippen molar-refractivity contribution in [3.05, 3.63) is 101 Å². The standard InChI is InChI=1S/C27H20N4O/c32-27(31-28-16-20-8-3-6-17-5-1-2-9-21(17)20)25-15-24(29-30-25)22-14-13-19-12-11-18-7-4-10-23(22)26(18)19/h1-10,13-16H,11-12H2,(H,29,30)(H,31,32). The van der Waals surface area contributed by atoms with Crippen LogP contribution in [0.1, 0.15) is 27.2 Å². The van der Waals surface area contributed by atoms with Crippen molar-refractivity contribution in [3.8, 4) is 11.3 Å². The Labute approximate surface area is 184 Å². The predicted molar refractivity (Wildman–Crippen MR) is 128 cm³/mol. The Bertz CT molecular complexity index is 1510. The Morgan fingerprint density at radius 1 is 0.906 bits per heavy atom. The van der Waals surface area contributed by atoms with Gasteiger partial charge in [-0.15, -0.1) is 0 Å². The second-order valence-electron chi connectivity index (χ2n) is 8.05. The number of aromatic nitrogens is 2. The zero-order valence-electron chi connectivity index (χ0n) is 17.3. The van der Waals surface area contributed by atoms with Crippen molar-refractivity contribution in [1.82, 2.24) is 15.6 Å². The van der Waals surface area contributed by atoms with Crippen molar-refractivity contribution in [1.29, 1.82) is 0 Å². The highest BCUT2D eigenvalue weighted by molar-refractivity contribution is 6.03. The van der Waals surface area contributed by atoms with E-state index >= 15 is 0 Å². The first-order valence-electron chi connectivity index (χ1n) is 10.7. The number of rotatable bonds is 4. The molecule has 0 radical (unpaired) electrons. The molecule has 0 saturated heterocycles. The number of fused-ring (bicyclic) bond motifs is 1. The molecule has 0 bridgehead atoms. The van der Waals surface area contributed by atoms with Crippen LogP contribution in [0.4, 0.5) is 0 Å². The Hall–Kier alpha value is -4.25. The second kappa shape index (κ2) is 7.46. The number of hydrazone groups is 1. The van der Waals surface area contributed by atoms with Crippen LogP contribution in [0.25, 0.3) is 32.8 Å². The maximum Gasteiger partial charge on any atom is 0.289 e. The molecule has 1 aromatic heterocycles. The minimum Gasteiger partial charge on any atom is -0.272 e. The minimum atomic E-state index is -0.328. The molecule has 0 spiro atoms. The Morgan fingerprint density at radius 2 is 1.69 bits per heavy atom. The summed E-state index contributed by atoms with van der Waals surface area (Å²) in [4.78, 5) is 12.6. The quantitative estimate of drug-likeness (QED) is 0.310. The number of carbonyl (C=O) groups excluding carboxylic acids is 1. The van der Waals surface area contributed by atoms with E-state index in [1.807, 2.05) is 30.3 Å². The molecule has 1 heterocycles. The number of carbonyl (C=O) groups is 1. The lowest BCUT2D eigenvalue weighted by atomic mass is 9.98. The third kappa shape index (κ3) is 3.06. The Morgan fingerprint density at radius 3 is 2.62 bits per heavy atom. The summed E-state index contributed by atoms with van der Waals surface area (Å²) in [6.45, 7) is 0. The normalized spacial score (nSPS) is 12.8. The molecule has 0 unspecified atom stereocenters. The zero-order valence-corrected chi connectivity index (χ0v) is 17.3. The van der Waals surface area contributed by atoms with Crippen LogP contribution in [0.3, 0.4) is 0 Å². The van der Waals surface area contributed by atoms with Crippen molar-refractivity contribution >= 4 is 33.7 Å². The fourth-order valence-corrected chi connectivity index (χ4v) is 4.63. The monoisotopic (exact) mass is 416 g/mol. The van der Waals surface area contributed by atoms with Crippen LogP contribution in [0.5, 0.6) is 0 Å². The molecule has 1 aliphatic carbocycles. The van der Waals surface area contributed by atoms with Gasteiger partial charge in [0, 0.05) is 11.1 Å². The first kappa shape index (κ1) is 18.5. The molecule has 0 fully saturated rings. The lowest BCUT2D eigenvalue weighted by Crippen LogP contribution is -2.18. The predicted octanol–water partition coefficient (Wildman–Crippen LogP) is 5.25. The maximum atomic E-state index is 12.6. The first-order valence-corrected chi connectivity index (χ1v) is 10.7. The zero-order chi connectivity index (χ0) is 21.5. The minimum absolute atomic E-state index is 0.328. The van der Waals surface area contributed by atoms with Gasteiger partial charge < -0.3 is 0 Å². The summed E-state index contributed by atoms with van der Waals surface area (Å²) < 4.78 is 0. The molecule has 4 aromatic carbocycles. The summed E-state index contributed by atoms with van der Waals surface area (Å²) in [6, 6.07) is 26.6. The molecule has 5 aromatic rings. The van der Waals surface area contributed by atoms with Gasteiger partial charge in [0.05, 0.1) is 11.9 Å². The van der Waals surface area contributed by atoms with Crippen LogP contribution in [0.2, 0.25) is 0 Å². The van der Waals surface area contributed by atoms with E-state index in [0.29, 0.717) is 5.69 Å². The third-order valence-electron chi connectivity index (χ3n) is 6.17. The van der Waals surface area contributed by atoms with Gasteiger partial charge in [0.1, 0.15) is 5.69 Å². The van der Waals surface area contributed by atoms with E-state index in [0.717, 1.165) is 40.4 Å². The third-order valence-corrected chi connectivity index (χ3v) is 6.17. The molecule has 1 aliphatic rings. The number of aromatic amines is 1. The van der Waals surface area contributed by atoms with E-state index in [1.165, 1.54) is 21.9 Å². The average Bonchev–Trinajstić information content (AvgIpc) is 3.49. The van der Waals surface area contributed by atoms with E-state index in [-0.39, 0.29) is 5.91 Å². The van der Waals surface area contributed by atoms with Crippen molar-refractivity contribution in [2.45, 2.75) is 12.8 Å². The van der Waals surface area contributed by atoms with Gasteiger partial charge in [-0.2, -0.15) is 10.2 Å². The number of nitrogens with one attached hydrogen (secondary N) is 2. The molecule has 154 valence electrons. The van der Waals surface area contributed by atoms with Gasteiger partial charge in [-0.3, -0.25) is 9.89 Å². The highest BCUT2D eigenvalue weighted by Crippen LogP contribution is 2.36. The fraction of sp³-hybridized carbons (Fsp3) is 0.0741. The molecule has 2 N–H and O–H groups in total. The molecule has 0 aliphatic heterocycles. The number of aryl methyl sites for hydroxylation is 2. The van der Waals surface area contributed by atoms with Crippen LogP contribution in [-0.2, 0) is 12.8 Å². The summed E-state index contributed by atoms with van der Waals surface area (Å²) in [5.41, 5.74) is 8.47. The lowest BCUT2D eigenvalue weighted by Gasteiger charge is -2.06. The highest BCUT2D eigenvalue weighted by atomic mass is 16.2. The highest BCUT2D eigenvalue weighted by Gasteiger charge is 2.18. The summed E-state index contributed by atoms with van der Waals surface area (Å²) in [5.74, 6) is -0.328. The van der Waals surface area contributed by atoms with Gasteiger partial charge in [0.2, 0.25) is 0 Å². The molecule has 6 rings (SSSR count). The van der Waals surface area contributed by atoms with Crippen LogP contribution >= 0.6 is 0 Å². The SMILES string of the molecule is O=C(NN=Cc1cccc2ccccc12)c1cc(-c2ccc3c4c(cccc24)CC3)n[nH]1. The average molecular weight is 416 g/mol. The molecule has 0 atom stereocenters. The van der Waals surface area contributed by atoms with Gasteiger partial charge >= 0.3 is 0 Å². The maximum absolute atomic E-state index is 12.6. The Kier molecular flexibility index (Phi) is 4.32. The van der Waals surface area contributed by atoms with Crippen LogP contribution in [-0.4, -0.2) is 22.3 Å². The second-order valence-corrected chi connectivity index (χ2v) is 8.05. The van der Waals surface area contributed by atoms with Crippen molar-refractivity contribution in [3.63, 3.8) is 0 Å². The Balaban J connectivity index is 1.25. The summed E-state index contributed by atoms with van der Waals surface area (Å²) in [5, 5.41) is 16.2. The van der Waals surface area contributed by atoms with E-state index in [2.05, 4.69) is 63.2 Å². The molecular formula is C27H20N4O. The number of amides is 1. The van der Waals surface area contributed by atoms with Gasteiger partial charge in [-0.25, -0.2) is 5.43 Å². The summed E-state index contributed by atoms with van der Waals surface area (Å²) in [7, 11) is 0.